The molecule has 0 unspecified atom stereocenters. The Kier molecular flexibility index (Phi) is 21.1. The highest BCUT2D eigenvalue weighted by atomic mass is 16.6. The average molecular weight is 535 g/mol. The Morgan fingerprint density at radius 1 is 0.541 bits per heavy atom. The fourth-order valence-corrected chi connectivity index (χ4v) is 2.61. The number of carbonyl (C=O) groups excluding carboxylic acids is 4. The van der Waals surface area contributed by atoms with Gasteiger partial charge in [-0.05, 0) is 0 Å². The Hall–Kier alpha value is -2.54. The first-order valence-electron chi connectivity index (χ1n) is 12.4. The monoisotopic (exact) mass is 534 g/mol. The molecule has 37 heavy (non-hydrogen) atoms. The van der Waals surface area contributed by atoms with Gasteiger partial charge in [0, 0.05) is 25.3 Å². The van der Waals surface area contributed by atoms with Crippen molar-refractivity contribution in [3.05, 3.63) is 12.7 Å². The zero-order valence-corrected chi connectivity index (χ0v) is 22.3. The third-order valence-electron chi connectivity index (χ3n) is 4.61. The summed E-state index contributed by atoms with van der Waals surface area (Å²) in [5, 5.41) is 0. The standard InChI is InChI=1S/C25H42O12/c1-5-21(26)34-13-9-30-17-25(18-31-10-14-35-22(27)6-2,19-32-11-15-36-23(28)7-3)20-33-12-16-37-24(29)8-4/h5H,1,6-20H2,2-4H3. The van der Waals surface area contributed by atoms with E-state index in [9.17, 15) is 19.2 Å². The molecule has 0 bridgehead atoms. The normalized spacial score (nSPS) is 11.0. The first-order chi connectivity index (χ1) is 17.8. The minimum Gasteiger partial charge on any atom is -0.463 e. The van der Waals surface area contributed by atoms with E-state index in [0.29, 0.717) is 0 Å². The van der Waals surface area contributed by atoms with Crippen molar-refractivity contribution in [1.29, 1.82) is 0 Å². The van der Waals surface area contributed by atoms with Gasteiger partial charge >= 0.3 is 23.9 Å². The zero-order valence-electron chi connectivity index (χ0n) is 22.3. The summed E-state index contributed by atoms with van der Waals surface area (Å²) in [6.45, 7) is 9.71. The average Bonchev–Trinajstić information content (AvgIpc) is 2.91. The lowest BCUT2D eigenvalue weighted by molar-refractivity contribution is -0.150. The second kappa shape index (κ2) is 22.6. The first kappa shape index (κ1) is 34.5. The number of carbonyl (C=O) groups is 4. The van der Waals surface area contributed by atoms with Gasteiger partial charge in [-0.3, -0.25) is 14.4 Å². The van der Waals surface area contributed by atoms with Crippen LogP contribution in [0, 0.1) is 5.41 Å². The smallest absolute Gasteiger partial charge is 0.330 e. The maximum absolute atomic E-state index is 11.3. The van der Waals surface area contributed by atoms with E-state index >= 15 is 0 Å². The zero-order chi connectivity index (χ0) is 27.8. The summed E-state index contributed by atoms with van der Waals surface area (Å²) in [6.07, 6.45) is 1.85. The third kappa shape index (κ3) is 19.3. The summed E-state index contributed by atoms with van der Waals surface area (Å²) >= 11 is 0. The fraction of sp³-hybridized carbons (Fsp3) is 0.760. The van der Waals surface area contributed by atoms with Crippen LogP contribution in [0.2, 0.25) is 0 Å². The number of esters is 4. The highest BCUT2D eigenvalue weighted by Crippen LogP contribution is 2.21. The lowest BCUT2D eigenvalue weighted by atomic mass is 9.92. The highest BCUT2D eigenvalue weighted by molar-refractivity contribution is 5.81. The van der Waals surface area contributed by atoms with Crippen LogP contribution in [0.5, 0.6) is 0 Å². The molecule has 0 aromatic rings. The second-order valence-electron chi connectivity index (χ2n) is 7.80. The van der Waals surface area contributed by atoms with Crippen LogP contribution in [0.3, 0.4) is 0 Å². The molecule has 0 atom stereocenters. The van der Waals surface area contributed by atoms with Crippen molar-refractivity contribution in [2.24, 2.45) is 5.41 Å². The van der Waals surface area contributed by atoms with Crippen LogP contribution >= 0.6 is 0 Å². The quantitative estimate of drug-likeness (QED) is 0.0768. The molecule has 0 fully saturated rings. The molecule has 0 aliphatic rings. The summed E-state index contributed by atoms with van der Waals surface area (Å²) in [6, 6.07) is 0. The second-order valence-corrected chi connectivity index (χ2v) is 7.80. The summed E-state index contributed by atoms with van der Waals surface area (Å²) < 4.78 is 43.0. The van der Waals surface area contributed by atoms with Gasteiger partial charge in [0.25, 0.3) is 0 Å². The van der Waals surface area contributed by atoms with Gasteiger partial charge in [-0.25, -0.2) is 4.79 Å². The molecule has 0 aliphatic carbocycles. The molecule has 0 aliphatic heterocycles. The molecule has 214 valence electrons. The molecule has 0 spiro atoms. The minimum absolute atomic E-state index is 0.0242. The van der Waals surface area contributed by atoms with Crippen molar-refractivity contribution in [2.45, 2.75) is 40.0 Å². The lowest BCUT2D eigenvalue weighted by Gasteiger charge is -2.33. The summed E-state index contributed by atoms with van der Waals surface area (Å²) in [5.41, 5.74) is -0.819. The van der Waals surface area contributed by atoms with E-state index in [4.69, 9.17) is 37.9 Å². The van der Waals surface area contributed by atoms with Gasteiger partial charge in [0.05, 0.1) is 58.3 Å². The van der Waals surface area contributed by atoms with Crippen molar-refractivity contribution in [3.63, 3.8) is 0 Å². The van der Waals surface area contributed by atoms with Crippen LogP contribution < -0.4 is 0 Å². The Morgan fingerprint density at radius 2 is 0.838 bits per heavy atom. The predicted octanol–water partition coefficient (Wildman–Crippen LogP) is 1.63. The maximum Gasteiger partial charge on any atom is 0.330 e. The van der Waals surface area contributed by atoms with Crippen molar-refractivity contribution < 1.29 is 57.1 Å². The lowest BCUT2D eigenvalue weighted by Crippen LogP contribution is -2.43. The molecular formula is C25H42O12. The van der Waals surface area contributed by atoms with Crippen LogP contribution in [0.25, 0.3) is 0 Å². The number of rotatable bonds is 24. The minimum atomic E-state index is -0.819. The Balaban J connectivity index is 5.07. The summed E-state index contributed by atoms with van der Waals surface area (Å²) in [5.74, 6) is -1.55. The number of hydrogen-bond donors (Lipinski definition) is 0. The highest BCUT2D eigenvalue weighted by Gasteiger charge is 2.33. The molecule has 0 saturated heterocycles. The van der Waals surface area contributed by atoms with E-state index in [-0.39, 0.29) is 116 Å². The molecule has 12 nitrogen and oxygen atoms in total. The van der Waals surface area contributed by atoms with E-state index in [0.717, 1.165) is 6.08 Å². The van der Waals surface area contributed by atoms with Crippen molar-refractivity contribution >= 4 is 23.9 Å². The predicted molar refractivity (Wildman–Crippen MR) is 131 cm³/mol. The molecule has 0 aromatic carbocycles. The number of ether oxygens (including phenoxy) is 8. The molecule has 0 aromatic heterocycles. The fourth-order valence-electron chi connectivity index (χ4n) is 2.61. The first-order valence-corrected chi connectivity index (χ1v) is 12.4. The van der Waals surface area contributed by atoms with E-state index in [1.54, 1.807) is 20.8 Å². The van der Waals surface area contributed by atoms with Crippen LogP contribution in [0.15, 0.2) is 12.7 Å². The third-order valence-corrected chi connectivity index (χ3v) is 4.61. The van der Waals surface area contributed by atoms with Crippen LogP contribution in [-0.2, 0) is 57.1 Å². The van der Waals surface area contributed by atoms with Gasteiger partial charge in [0.15, 0.2) is 0 Å². The van der Waals surface area contributed by atoms with Crippen LogP contribution in [0.4, 0.5) is 0 Å². The maximum atomic E-state index is 11.3. The summed E-state index contributed by atoms with van der Waals surface area (Å²) in [4.78, 5) is 45.2. The Bertz CT molecular complexity index is 599. The van der Waals surface area contributed by atoms with Gasteiger partial charge in [0.2, 0.25) is 0 Å². The van der Waals surface area contributed by atoms with Gasteiger partial charge < -0.3 is 37.9 Å². The van der Waals surface area contributed by atoms with Crippen molar-refractivity contribution in [2.75, 3.05) is 79.3 Å². The topological polar surface area (TPSA) is 142 Å². The van der Waals surface area contributed by atoms with E-state index in [2.05, 4.69) is 6.58 Å². The Morgan fingerprint density at radius 3 is 1.11 bits per heavy atom. The van der Waals surface area contributed by atoms with Crippen LogP contribution in [-0.4, -0.2) is 103 Å². The van der Waals surface area contributed by atoms with Gasteiger partial charge in [-0.1, -0.05) is 27.4 Å². The van der Waals surface area contributed by atoms with Crippen molar-refractivity contribution in [3.8, 4) is 0 Å². The van der Waals surface area contributed by atoms with Crippen molar-refractivity contribution in [1.82, 2.24) is 0 Å². The Labute approximate surface area is 218 Å². The molecule has 0 radical (unpaired) electrons. The molecule has 0 rings (SSSR count). The van der Waals surface area contributed by atoms with E-state index in [1.807, 2.05) is 0 Å². The SMILES string of the molecule is C=CC(=O)OCCOCC(COCCOC(=O)CC)(COCCOC(=O)CC)COCCOC(=O)CC. The van der Waals surface area contributed by atoms with Gasteiger partial charge in [0.1, 0.15) is 26.4 Å². The molecule has 12 heteroatoms. The van der Waals surface area contributed by atoms with Crippen LogP contribution in [0.1, 0.15) is 40.0 Å². The summed E-state index contributed by atoms with van der Waals surface area (Å²) in [7, 11) is 0. The molecular weight excluding hydrogens is 492 g/mol. The largest absolute Gasteiger partial charge is 0.463 e. The molecule has 0 N–H and O–H groups in total. The number of hydrogen-bond acceptors (Lipinski definition) is 12. The van der Waals surface area contributed by atoms with Gasteiger partial charge in [-0.2, -0.15) is 0 Å². The van der Waals surface area contributed by atoms with E-state index in [1.165, 1.54) is 0 Å². The van der Waals surface area contributed by atoms with Gasteiger partial charge in [-0.15, -0.1) is 0 Å². The van der Waals surface area contributed by atoms with E-state index < -0.39 is 11.4 Å². The molecule has 0 saturated carbocycles. The molecule has 0 amide bonds. The molecule has 0 heterocycles.